The predicted molar refractivity (Wildman–Crippen MR) is 119 cm³/mol. The van der Waals surface area contributed by atoms with E-state index in [2.05, 4.69) is 4.98 Å². The second-order valence-corrected chi connectivity index (χ2v) is 7.80. The van der Waals surface area contributed by atoms with E-state index >= 15 is 0 Å². The second-order valence-electron chi connectivity index (χ2n) is 6.79. The normalized spacial score (nSPS) is 11.0. The number of hydrogen-bond donors (Lipinski definition) is 0. The molecule has 3 aromatic carbocycles. The molecular weight excluding hydrogens is 412 g/mol. The number of benzene rings is 3. The lowest BCUT2D eigenvalue weighted by Gasteiger charge is -2.07. The Morgan fingerprint density at radius 3 is 2.42 bits per heavy atom. The number of carbonyl (C=O) groups is 1. The van der Waals surface area contributed by atoms with Gasteiger partial charge >= 0.3 is 5.97 Å². The summed E-state index contributed by atoms with van der Waals surface area (Å²) in [5.41, 5.74) is 1.42. The van der Waals surface area contributed by atoms with Gasteiger partial charge < -0.3 is 9.47 Å². The number of carbonyl (C=O) groups excluding carboxylic acids is 1. The van der Waals surface area contributed by atoms with Gasteiger partial charge in [0.1, 0.15) is 18.1 Å². The van der Waals surface area contributed by atoms with Gasteiger partial charge in [-0.05, 0) is 48.5 Å². The van der Waals surface area contributed by atoms with Gasteiger partial charge in [0.25, 0.3) is 5.56 Å². The van der Waals surface area contributed by atoms with Gasteiger partial charge in [0, 0.05) is 6.07 Å². The zero-order valence-corrected chi connectivity index (χ0v) is 17.0. The molecule has 0 spiro atoms. The van der Waals surface area contributed by atoms with Crippen molar-refractivity contribution in [2.75, 3.05) is 0 Å². The minimum atomic E-state index is -0.496. The third-order valence-electron chi connectivity index (χ3n) is 4.67. The standard InChI is InChI=1S/C24H16N2O4S/c27-22-14-17(25-24-26(22)20-8-4-5-9-21(20)31-24)15-29-23(28)16-10-12-19(13-11-16)30-18-6-2-1-3-7-18/h1-14H,15H2. The quantitative estimate of drug-likeness (QED) is 0.366. The van der Waals surface area contributed by atoms with Gasteiger partial charge in [0.15, 0.2) is 4.96 Å². The minimum Gasteiger partial charge on any atom is -0.457 e. The lowest BCUT2D eigenvalue weighted by molar-refractivity contribution is 0.0468. The average Bonchev–Trinajstić information content (AvgIpc) is 3.17. The van der Waals surface area contributed by atoms with Gasteiger partial charge in [-0.15, -0.1) is 0 Å². The molecule has 5 aromatic rings. The van der Waals surface area contributed by atoms with Gasteiger partial charge in [-0.1, -0.05) is 41.7 Å². The van der Waals surface area contributed by atoms with Gasteiger partial charge in [-0.25, -0.2) is 9.78 Å². The Hall–Kier alpha value is -3.97. The van der Waals surface area contributed by atoms with Crippen molar-refractivity contribution in [3.05, 3.63) is 107 Å². The van der Waals surface area contributed by atoms with Crippen LogP contribution in [-0.4, -0.2) is 15.4 Å². The fourth-order valence-electron chi connectivity index (χ4n) is 3.20. The molecule has 0 bridgehead atoms. The fourth-order valence-corrected chi connectivity index (χ4v) is 4.25. The summed E-state index contributed by atoms with van der Waals surface area (Å²) in [6.07, 6.45) is 0. The van der Waals surface area contributed by atoms with Crippen LogP contribution in [0.25, 0.3) is 15.2 Å². The molecule has 0 aliphatic rings. The minimum absolute atomic E-state index is 0.0823. The third kappa shape index (κ3) is 3.91. The number of aromatic nitrogens is 2. The van der Waals surface area contributed by atoms with Crippen LogP contribution < -0.4 is 10.3 Å². The number of nitrogens with zero attached hydrogens (tertiary/aromatic N) is 2. The SMILES string of the molecule is O=C(OCc1cc(=O)n2c(n1)sc1ccccc12)c1ccc(Oc2ccccc2)cc1. The number of hydrogen-bond acceptors (Lipinski definition) is 6. The molecule has 0 amide bonds. The number of rotatable bonds is 5. The molecule has 5 rings (SSSR count). The highest BCUT2D eigenvalue weighted by molar-refractivity contribution is 7.23. The van der Waals surface area contributed by atoms with Crippen LogP contribution in [0.2, 0.25) is 0 Å². The average molecular weight is 428 g/mol. The topological polar surface area (TPSA) is 69.9 Å². The molecule has 0 saturated heterocycles. The smallest absolute Gasteiger partial charge is 0.338 e. The fraction of sp³-hybridized carbons (Fsp3) is 0.0417. The van der Waals surface area contributed by atoms with E-state index in [9.17, 15) is 9.59 Å². The molecule has 6 nitrogen and oxygen atoms in total. The van der Waals surface area contributed by atoms with Crippen molar-refractivity contribution in [1.82, 2.24) is 9.38 Å². The van der Waals surface area contributed by atoms with Crippen molar-refractivity contribution in [1.29, 1.82) is 0 Å². The van der Waals surface area contributed by atoms with Crippen LogP contribution in [-0.2, 0) is 11.3 Å². The Labute approximate surface area is 180 Å². The van der Waals surface area contributed by atoms with Crippen LogP contribution in [0.3, 0.4) is 0 Å². The molecule has 7 heteroatoms. The number of thiazole rings is 1. The number of esters is 1. The largest absolute Gasteiger partial charge is 0.457 e. The Balaban J connectivity index is 1.29. The number of para-hydroxylation sites is 2. The van der Waals surface area contributed by atoms with Crippen molar-refractivity contribution in [3.63, 3.8) is 0 Å². The molecule has 31 heavy (non-hydrogen) atoms. The summed E-state index contributed by atoms with van der Waals surface area (Å²) in [6.45, 7) is -0.0823. The van der Waals surface area contributed by atoms with E-state index in [1.807, 2.05) is 54.6 Å². The van der Waals surface area contributed by atoms with E-state index in [1.165, 1.54) is 17.4 Å². The van der Waals surface area contributed by atoms with Crippen molar-refractivity contribution >= 4 is 32.5 Å². The van der Waals surface area contributed by atoms with E-state index < -0.39 is 5.97 Å². The second kappa shape index (κ2) is 8.04. The van der Waals surface area contributed by atoms with E-state index in [4.69, 9.17) is 9.47 Å². The summed E-state index contributed by atoms with van der Waals surface area (Å²) in [7, 11) is 0. The van der Waals surface area contributed by atoms with E-state index in [1.54, 1.807) is 28.7 Å². The lowest BCUT2D eigenvalue weighted by atomic mass is 10.2. The van der Waals surface area contributed by atoms with Crippen molar-refractivity contribution in [2.45, 2.75) is 6.61 Å². The van der Waals surface area contributed by atoms with E-state index in [0.29, 0.717) is 27.7 Å². The van der Waals surface area contributed by atoms with Crippen LogP contribution in [0, 0.1) is 0 Å². The molecule has 2 aromatic heterocycles. The van der Waals surface area contributed by atoms with Crippen LogP contribution >= 0.6 is 11.3 Å². The summed E-state index contributed by atoms with van der Waals surface area (Å²) in [6, 6.07) is 25.1. The van der Waals surface area contributed by atoms with Crippen LogP contribution in [0.4, 0.5) is 0 Å². The van der Waals surface area contributed by atoms with Crippen molar-refractivity contribution in [3.8, 4) is 11.5 Å². The van der Waals surface area contributed by atoms with E-state index in [-0.39, 0.29) is 12.2 Å². The van der Waals surface area contributed by atoms with Gasteiger partial charge in [-0.2, -0.15) is 0 Å². The first-order chi connectivity index (χ1) is 15.2. The summed E-state index contributed by atoms with van der Waals surface area (Å²) < 4.78 is 13.6. The molecule has 0 radical (unpaired) electrons. The maximum Gasteiger partial charge on any atom is 0.338 e. The van der Waals surface area contributed by atoms with Crippen LogP contribution in [0.1, 0.15) is 16.1 Å². The first-order valence-electron chi connectivity index (χ1n) is 9.58. The van der Waals surface area contributed by atoms with E-state index in [0.717, 1.165) is 10.2 Å². The van der Waals surface area contributed by atoms with Crippen LogP contribution in [0.5, 0.6) is 11.5 Å². The Kier molecular flexibility index (Phi) is 4.93. The molecule has 0 saturated carbocycles. The van der Waals surface area contributed by atoms with Crippen molar-refractivity contribution in [2.24, 2.45) is 0 Å². The highest BCUT2D eigenvalue weighted by Gasteiger charge is 2.12. The maximum absolute atomic E-state index is 12.6. The summed E-state index contributed by atoms with van der Waals surface area (Å²) in [4.78, 5) is 30.0. The third-order valence-corrected chi connectivity index (χ3v) is 5.69. The predicted octanol–water partition coefficient (Wildman–Crippen LogP) is 5.06. The molecule has 2 heterocycles. The Bertz CT molecular complexity index is 1440. The zero-order chi connectivity index (χ0) is 21.2. The first kappa shape index (κ1) is 19.0. The summed E-state index contributed by atoms with van der Waals surface area (Å²) in [5, 5.41) is 0. The Morgan fingerprint density at radius 2 is 1.61 bits per heavy atom. The molecule has 152 valence electrons. The molecule has 0 N–H and O–H groups in total. The van der Waals surface area contributed by atoms with Gasteiger partial charge in [0.2, 0.25) is 0 Å². The highest BCUT2D eigenvalue weighted by atomic mass is 32.1. The monoisotopic (exact) mass is 428 g/mol. The number of fused-ring (bicyclic) bond motifs is 3. The van der Waals surface area contributed by atoms with Gasteiger partial charge in [0.05, 0.1) is 21.5 Å². The summed E-state index contributed by atoms with van der Waals surface area (Å²) in [5.74, 6) is 0.837. The first-order valence-corrected chi connectivity index (χ1v) is 10.4. The molecule has 0 fully saturated rings. The molecule has 0 atom stereocenters. The highest BCUT2D eigenvalue weighted by Crippen LogP contribution is 2.24. The molecular formula is C24H16N2O4S. The summed E-state index contributed by atoms with van der Waals surface area (Å²) >= 11 is 1.42. The molecule has 0 aliphatic carbocycles. The maximum atomic E-state index is 12.6. The molecule has 0 unspecified atom stereocenters. The van der Waals surface area contributed by atoms with Crippen LogP contribution in [0.15, 0.2) is 89.7 Å². The molecule has 0 aliphatic heterocycles. The lowest BCUT2D eigenvalue weighted by Crippen LogP contribution is -2.15. The van der Waals surface area contributed by atoms with Crippen molar-refractivity contribution < 1.29 is 14.3 Å². The van der Waals surface area contributed by atoms with Gasteiger partial charge in [-0.3, -0.25) is 9.20 Å². The Morgan fingerprint density at radius 1 is 0.903 bits per heavy atom. The zero-order valence-electron chi connectivity index (χ0n) is 16.2. The number of ether oxygens (including phenoxy) is 2.